The molecule has 3 heterocycles. The molecule has 2 aromatic heterocycles. The monoisotopic (exact) mass is 494 g/mol. The number of benzene rings is 1. The first-order chi connectivity index (χ1) is 16.6. The predicted molar refractivity (Wildman–Crippen MR) is 134 cm³/mol. The number of carbonyl (C=O) groups excluding carboxylic acids is 1. The standard InChI is InChI=1S/C23H30N8O3Si/c1-23(2,3)35(4,5)33-12-17-16(29-30-24)11-18(34-17)31-14-27-19-20(25-13-26-21(19)31)28-22(32)15-9-7-6-8-10-15/h6-10,13-14,16-18H,11-12H2,1-5H3,(H,25,26,28,32)/t16-,17+,18+/m0/s1. The maximum Gasteiger partial charge on any atom is 0.256 e. The molecule has 1 saturated heterocycles. The number of ether oxygens (including phenoxy) is 1. The van der Waals surface area contributed by atoms with Crippen LogP contribution in [0, 0.1) is 0 Å². The average Bonchev–Trinajstić information content (AvgIpc) is 3.42. The van der Waals surface area contributed by atoms with Gasteiger partial charge in [0.25, 0.3) is 5.91 Å². The van der Waals surface area contributed by atoms with Crippen molar-refractivity contribution in [3.8, 4) is 0 Å². The van der Waals surface area contributed by atoms with Gasteiger partial charge in [-0.1, -0.05) is 44.1 Å². The second-order valence-electron chi connectivity index (χ2n) is 10.1. The van der Waals surface area contributed by atoms with E-state index in [9.17, 15) is 4.79 Å². The molecule has 1 aromatic carbocycles. The Balaban J connectivity index is 1.54. The summed E-state index contributed by atoms with van der Waals surface area (Å²) in [6, 6.07) is 8.49. The average molecular weight is 495 g/mol. The van der Waals surface area contributed by atoms with Crippen LogP contribution in [0.25, 0.3) is 21.6 Å². The molecule has 0 unspecified atom stereocenters. The van der Waals surface area contributed by atoms with Crippen LogP contribution >= 0.6 is 0 Å². The fourth-order valence-electron chi connectivity index (χ4n) is 3.65. The summed E-state index contributed by atoms with van der Waals surface area (Å²) >= 11 is 0. The van der Waals surface area contributed by atoms with Gasteiger partial charge in [-0.25, -0.2) is 15.0 Å². The molecule has 1 fully saturated rings. The molecule has 1 aliphatic heterocycles. The molecule has 3 aromatic rings. The van der Waals surface area contributed by atoms with Crippen LogP contribution in [0.15, 0.2) is 48.1 Å². The Labute approximate surface area is 204 Å². The minimum atomic E-state index is -2.00. The van der Waals surface area contributed by atoms with Crippen LogP contribution in [0.5, 0.6) is 0 Å². The van der Waals surface area contributed by atoms with Crippen molar-refractivity contribution in [2.24, 2.45) is 5.11 Å². The van der Waals surface area contributed by atoms with Crippen LogP contribution in [0.4, 0.5) is 5.82 Å². The van der Waals surface area contributed by atoms with Gasteiger partial charge < -0.3 is 14.5 Å². The van der Waals surface area contributed by atoms with Crippen molar-refractivity contribution in [2.45, 2.75) is 63.7 Å². The van der Waals surface area contributed by atoms with E-state index in [2.05, 4.69) is 64.2 Å². The lowest BCUT2D eigenvalue weighted by Gasteiger charge is -2.37. The minimum absolute atomic E-state index is 0.0526. The molecule has 1 amide bonds. The third-order valence-corrected chi connectivity index (χ3v) is 11.3. The molecule has 0 spiro atoms. The van der Waals surface area contributed by atoms with E-state index in [0.29, 0.717) is 35.6 Å². The summed E-state index contributed by atoms with van der Waals surface area (Å²) in [7, 11) is -2.00. The minimum Gasteiger partial charge on any atom is -0.414 e. The molecule has 0 radical (unpaired) electrons. The van der Waals surface area contributed by atoms with Crippen LogP contribution in [-0.2, 0) is 9.16 Å². The lowest BCUT2D eigenvalue weighted by Crippen LogP contribution is -2.43. The summed E-state index contributed by atoms with van der Waals surface area (Å²) in [5.41, 5.74) is 10.6. The maximum absolute atomic E-state index is 12.6. The summed E-state index contributed by atoms with van der Waals surface area (Å²) in [6.07, 6.45) is 2.60. The molecule has 0 aliphatic carbocycles. The highest BCUT2D eigenvalue weighted by Crippen LogP contribution is 2.38. The van der Waals surface area contributed by atoms with Crippen molar-refractivity contribution in [3.63, 3.8) is 0 Å². The molecule has 0 saturated carbocycles. The van der Waals surface area contributed by atoms with Gasteiger partial charge in [-0.15, -0.1) is 0 Å². The van der Waals surface area contributed by atoms with Crippen LogP contribution in [0.2, 0.25) is 18.1 Å². The van der Waals surface area contributed by atoms with Gasteiger partial charge in [-0.3, -0.25) is 9.36 Å². The van der Waals surface area contributed by atoms with Crippen molar-refractivity contribution < 1.29 is 14.0 Å². The molecular formula is C23H30N8O3Si. The van der Waals surface area contributed by atoms with Gasteiger partial charge in [0, 0.05) is 16.9 Å². The van der Waals surface area contributed by atoms with Gasteiger partial charge in [0.05, 0.1) is 25.1 Å². The highest BCUT2D eigenvalue weighted by Gasteiger charge is 2.41. The number of nitrogens with zero attached hydrogens (tertiary/aromatic N) is 7. The number of azide groups is 1. The summed E-state index contributed by atoms with van der Waals surface area (Å²) < 4.78 is 14.4. The molecule has 35 heavy (non-hydrogen) atoms. The van der Waals surface area contributed by atoms with E-state index in [1.807, 2.05) is 6.07 Å². The molecule has 184 valence electrons. The Hall–Kier alpha value is -3.31. The fourth-order valence-corrected chi connectivity index (χ4v) is 4.67. The summed E-state index contributed by atoms with van der Waals surface area (Å²) in [5, 5.41) is 6.82. The van der Waals surface area contributed by atoms with E-state index >= 15 is 0 Å². The lowest BCUT2D eigenvalue weighted by molar-refractivity contribution is -0.0207. The SMILES string of the molecule is CC(C)(C)[Si](C)(C)OC[C@H]1O[C@@H](n2cnc3c(NC(=O)c4ccccc4)ncnc32)C[C@@H]1N=[N+]=[N-]. The van der Waals surface area contributed by atoms with Gasteiger partial charge in [-0.05, 0) is 35.8 Å². The van der Waals surface area contributed by atoms with Crippen molar-refractivity contribution in [3.05, 3.63) is 59.0 Å². The van der Waals surface area contributed by atoms with E-state index in [1.165, 1.54) is 6.33 Å². The Bertz CT molecular complexity index is 1250. The molecule has 0 bridgehead atoms. The summed E-state index contributed by atoms with van der Waals surface area (Å²) in [5.74, 6) is 0.0218. The number of carbonyl (C=O) groups is 1. The van der Waals surface area contributed by atoms with Gasteiger partial charge in [-0.2, -0.15) is 0 Å². The number of hydrogen-bond acceptors (Lipinski definition) is 7. The Morgan fingerprint density at radius 2 is 2.03 bits per heavy atom. The number of anilines is 1. The van der Waals surface area contributed by atoms with Crippen molar-refractivity contribution >= 4 is 31.2 Å². The predicted octanol–water partition coefficient (Wildman–Crippen LogP) is 5.07. The van der Waals surface area contributed by atoms with Crippen LogP contribution in [-0.4, -0.2) is 52.5 Å². The number of imidazole rings is 1. The van der Waals surface area contributed by atoms with Gasteiger partial charge >= 0.3 is 0 Å². The Morgan fingerprint density at radius 3 is 2.71 bits per heavy atom. The maximum atomic E-state index is 12.6. The molecule has 1 N–H and O–H groups in total. The summed E-state index contributed by atoms with van der Waals surface area (Å²) in [4.78, 5) is 28.7. The zero-order valence-electron chi connectivity index (χ0n) is 20.5. The van der Waals surface area contributed by atoms with E-state index in [1.54, 1.807) is 35.2 Å². The molecule has 4 rings (SSSR count). The van der Waals surface area contributed by atoms with Crippen LogP contribution < -0.4 is 5.32 Å². The van der Waals surface area contributed by atoms with E-state index in [0.717, 1.165) is 0 Å². The normalized spacial score (nSPS) is 20.5. The molecule has 11 nitrogen and oxygen atoms in total. The van der Waals surface area contributed by atoms with E-state index < -0.39 is 14.5 Å². The van der Waals surface area contributed by atoms with Gasteiger partial charge in [0.2, 0.25) is 0 Å². The van der Waals surface area contributed by atoms with Crippen molar-refractivity contribution in [2.75, 3.05) is 11.9 Å². The third-order valence-electron chi connectivity index (χ3n) is 6.76. The van der Waals surface area contributed by atoms with E-state index in [4.69, 9.17) is 14.7 Å². The zero-order valence-corrected chi connectivity index (χ0v) is 21.5. The second-order valence-corrected chi connectivity index (χ2v) is 14.9. The van der Waals surface area contributed by atoms with Crippen molar-refractivity contribution in [1.29, 1.82) is 0 Å². The molecule has 3 atom stereocenters. The van der Waals surface area contributed by atoms with Crippen LogP contribution in [0.3, 0.4) is 0 Å². The molecular weight excluding hydrogens is 464 g/mol. The largest absolute Gasteiger partial charge is 0.414 e. The molecule has 12 heteroatoms. The number of hydrogen-bond donors (Lipinski definition) is 1. The fraction of sp³-hybridized carbons (Fsp3) is 0.478. The smallest absolute Gasteiger partial charge is 0.256 e. The number of fused-ring (bicyclic) bond motifs is 1. The lowest BCUT2D eigenvalue weighted by atomic mass is 10.1. The summed E-state index contributed by atoms with van der Waals surface area (Å²) in [6.45, 7) is 11.2. The van der Waals surface area contributed by atoms with Crippen molar-refractivity contribution in [1.82, 2.24) is 19.5 Å². The zero-order chi connectivity index (χ0) is 25.2. The topological polar surface area (TPSA) is 140 Å². The first kappa shape index (κ1) is 24.8. The Morgan fingerprint density at radius 1 is 1.29 bits per heavy atom. The number of aromatic nitrogens is 4. The number of nitrogens with one attached hydrogen (secondary N) is 1. The van der Waals surface area contributed by atoms with Gasteiger partial charge in [0.1, 0.15) is 12.6 Å². The highest BCUT2D eigenvalue weighted by atomic mass is 28.4. The van der Waals surface area contributed by atoms with Crippen LogP contribution in [0.1, 0.15) is 43.8 Å². The second kappa shape index (κ2) is 9.74. The van der Waals surface area contributed by atoms with Gasteiger partial charge in [0.15, 0.2) is 25.3 Å². The number of amides is 1. The molecule has 1 aliphatic rings. The Kier molecular flexibility index (Phi) is 6.90. The highest BCUT2D eigenvalue weighted by molar-refractivity contribution is 6.74. The number of rotatable bonds is 7. The first-order valence-corrected chi connectivity index (χ1v) is 14.4. The third kappa shape index (κ3) is 5.20. The quantitative estimate of drug-likeness (QED) is 0.210. The first-order valence-electron chi connectivity index (χ1n) is 11.5. The van der Waals surface area contributed by atoms with E-state index in [-0.39, 0.29) is 23.1 Å².